The summed E-state index contributed by atoms with van der Waals surface area (Å²) in [4.78, 5) is 15.8. The minimum atomic E-state index is 0.747. The van der Waals surface area contributed by atoms with Gasteiger partial charge < -0.3 is 4.57 Å². The molecule has 1 atom stereocenters. The summed E-state index contributed by atoms with van der Waals surface area (Å²) in [5, 5.41) is 11.8. The van der Waals surface area contributed by atoms with E-state index in [0.717, 1.165) is 45.2 Å². The van der Waals surface area contributed by atoms with Crippen LogP contribution in [0.15, 0.2) is 41.0 Å². The Kier molecular flexibility index (Phi) is 4.17. The largest absolute Gasteiger partial charge is 0.305 e. The average Bonchev–Trinajstić information content (AvgIpc) is 3.23. The molecule has 0 amide bonds. The molecule has 136 valence electrons. The highest BCUT2D eigenvalue weighted by atomic mass is 32.2. The van der Waals surface area contributed by atoms with Gasteiger partial charge in [-0.2, -0.15) is 0 Å². The Hall–Kier alpha value is -2.32. The first-order valence-electron chi connectivity index (χ1n) is 8.93. The molecule has 0 spiro atoms. The van der Waals surface area contributed by atoms with Crippen molar-refractivity contribution in [2.75, 3.05) is 0 Å². The summed E-state index contributed by atoms with van der Waals surface area (Å²) in [5.41, 5.74) is 2.44. The second-order valence-electron chi connectivity index (χ2n) is 6.91. The first-order valence-corrected chi connectivity index (χ1v) is 10.6. The Labute approximate surface area is 165 Å². The molecule has 4 heterocycles. The number of aromatic nitrogens is 6. The van der Waals surface area contributed by atoms with Crippen LogP contribution in [0.4, 0.5) is 0 Å². The number of thiophene rings is 1. The van der Waals surface area contributed by atoms with E-state index >= 15 is 0 Å². The number of hydrogen-bond donors (Lipinski definition) is 0. The Balaban J connectivity index is 1.55. The van der Waals surface area contributed by atoms with Gasteiger partial charge in [-0.05, 0) is 54.6 Å². The third-order valence-corrected chi connectivity index (χ3v) is 7.22. The predicted molar refractivity (Wildman–Crippen MR) is 107 cm³/mol. The molecule has 8 heteroatoms. The molecule has 0 N–H and O–H groups in total. The number of hydrogen-bond acceptors (Lipinski definition) is 7. The van der Waals surface area contributed by atoms with E-state index in [2.05, 4.69) is 32.1 Å². The third kappa shape index (κ3) is 2.93. The van der Waals surface area contributed by atoms with E-state index in [-0.39, 0.29) is 0 Å². The van der Waals surface area contributed by atoms with Gasteiger partial charge in [0.1, 0.15) is 16.2 Å². The lowest BCUT2D eigenvalue weighted by Crippen LogP contribution is -2.08. The fraction of sp³-hybridized carbons (Fsp3) is 0.316. The smallest absolute Gasteiger partial charge is 0.197 e. The normalized spacial score (nSPS) is 16.6. The number of aryl methyl sites for hydroxylation is 1. The van der Waals surface area contributed by atoms with Crippen LogP contribution < -0.4 is 0 Å². The molecular weight excluding hydrogens is 376 g/mol. The van der Waals surface area contributed by atoms with Crippen molar-refractivity contribution in [3.05, 3.63) is 41.3 Å². The maximum Gasteiger partial charge on any atom is 0.197 e. The van der Waals surface area contributed by atoms with Gasteiger partial charge in [0.2, 0.25) is 0 Å². The molecule has 27 heavy (non-hydrogen) atoms. The summed E-state index contributed by atoms with van der Waals surface area (Å²) in [6.07, 6.45) is 8.69. The number of nitrogens with zero attached hydrogens (tertiary/aromatic N) is 6. The fourth-order valence-corrected chi connectivity index (χ4v) is 5.88. The van der Waals surface area contributed by atoms with Crippen molar-refractivity contribution in [1.29, 1.82) is 0 Å². The zero-order valence-electron chi connectivity index (χ0n) is 15.1. The van der Waals surface area contributed by atoms with Crippen LogP contribution in [0.2, 0.25) is 0 Å². The molecule has 1 unspecified atom stereocenters. The molecule has 0 bridgehead atoms. The first-order chi connectivity index (χ1) is 13.2. The third-order valence-electron chi connectivity index (χ3n) is 5.02. The topological polar surface area (TPSA) is 69.4 Å². The molecule has 0 saturated carbocycles. The molecule has 5 rings (SSSR count). The van der Waals surface area contributed by atoms with Crippen LogP contribution in [0.25, 0.3) is 21.6 Å². The second-order valence-corrected chi connectivity index (χ2v) is 8.95. The molecule has 0 aliphatic heterocycles. The van der Waals surface area contributed by atoms with E-state index in [0.29, 0.717) is 0 Å². The van der Waals surface area contributed by atoms with E-state index in [1.807, 2.05) is 35.1 Å². The highest BCUT2D eigenvalue weighted by Crippen LogP contribution is 2.41. The van der Waals surface area contributed by atoms with E-state index in [9.17, 15) is 0 Å². The van der Waals surface area contributed by atoms with Gasteiger partial charge in [-0.25, -0.2) is 9.97 Å². The van der Waals surface area contributed by atoms with Crippen molar-refractivity contribution >= 4 is 33.3 Å². The van der Waals surface area contributed by atoms with Crippen LogP contribution >= 0.6 is 23.1 Å². The van der Waals surface area contributed by atoms with Crippen LogP contribution in [0.5, 0.6) is 0 Å². The van der Waals surface area contributed by atoms with Crippen LogP contribution in [0.3, 0.4) is 0 Å². The summed E-state index contributed by atoms with van der Waals surface area (Å²) in [6, 6.07) is 3.88. The van der Waals surface area contributed by atoms with Gasteiger partial charge in [0.05, 0.1) is 0 Å². The molecule has 4 aromatic heterocycles. The summed E-state index contributed by atoms with van der Waals surface area (Å²) >= 11 is 3.39. The predicted octanol–water partition coefficient (Wildman–Crippen LogP) is 4.16. The molecule has 1 aliphatic carbocycles. The standard InChI is InChI=1S/C19H18N6S2/c1-11-3-4-13-14(9-11)26-17-15(13)18(22-10-21-17)27-19-24-23-16(25(19)2)12-5-7-20-8-6-12/h5-8,10-11H,3-4,9H2,1-2H3. The highest BCUT2D eigenvalue weighted by Gasteiger charge is 2.24. The van der Waals surface area contributed by atoms with Crippen molar-refractivity contribution in [3.63, 3.8) is 0 Å². The molecule has 1 aliphatic rings. The first kappa shape index (κ1) is 16.8. The van der Waals surface area contributed by atoms with Gasteiger partial charge in [-0.15, -0.1) is 21.5 Å². The van der Waals surface area contributed by atoms with Crippen LogP contribution in [0, 0.1) is 5.92 Å². The molecule has 0 fully saturated rings. The second kappa shape index (κ2) is 6.69. The van der Waals surface area contributed by atoms with E-state index in [1.54, 1.807) is 30.5 Å². The molecular formula is C19H18N6S2. The Bertz CT molecular complexity index is 1120. The van der Waals surface area contributed by atoms with Crippen molar-refractivity contribution in [2.24, 2.45) is 13.0 Å². The molecule has 4 aromatic rings. The summed E-state index contributed by atoms with van der Waals surface area (Å²) < 4.78 is 2.01. The highest BCUT2D eigenvalue weighted by molar-refractivity contribution is 7.99. The SMILES string of the molecule is CC1CCc2c(sc3ncnc(Sc4nnc(-c5ccncc5)n4C)c23)C1. The maximum atomic E-state index is 4.59. The number of fused-ring (bicyclic) bond motifs is 3. The van der Waals surface area contributed by atoms with Gasteiger partial charge >= 0.3 is 0 Å². The minimum Gasteiger partial charge on any atom is -0.305 e. The van der Waals surface area contributed by atoms with Crippen LogP contribution in [-0.2, 0) is 19.9 Å². The zero-order chi connectivity index (χ0) is 18.4. The summed E-state index contributed by atoms with van der Waals surface area (Å²) in [6.45, 7) is 2.33. The Morgan fingerprint density at radius 3 is 2.89 bits per heavy atom. The Morgan fingerprint density at radius 1 is 1.19 bits per heavy atom. The lowest BCUT2D eigenvalue weighted by atomic mass is 9.89. The number of pyridine rings is 1. The lowest BCUT2D eigenvalue weighted by Gasteiger charge is -2.18. The van der Waals surface area contributed by atoms with E-state index in [4.69, 9.17) is 0 Å². The van der Waals surface area contributed by atoms with Gasteiger partial charge in [0, 0.05) is 35.3 Å². The monoisotopic (exact) mass is 394 g/mol. The van der Waals surface area contributed by atoms with Gasteiger partial charge in [0.25, 0.3) is 0 Å². The van der Waals surface area contributed by atoms with Crippen molar-refractivity contribution in [1.82, 2.24) is 29.7 Å². The molecule has 0 saturated heterocycles. The molecule has 0 aromatic carbocycles. The van der Waals surface area contributed by atoms with Gasteiger partial charge in [0.15, 0.2) is 11.0 Å². The van der Waals surface area contributed by atoms with Gasteiger partial charge in [-0.1, -0.05) is 6.92 Å². The molecule has 0 radical (unpaired) electrons. The van der Waals surface area contributed by atoms with Crippen LogP contribution in [0.1, 0.15) is 23.8 Å². The van der Waals surface area contributed by atoms with Crippen molar-refractivity contribution < 1.29 is 0 Å². The van der Waals surface area contributed by atoms with Crippen molar-refractivity contribution in [3.8, 4) is 11.4 Å². The van der Waals surface area contributed by atoms with Gasteiger partial charge in [-0.3, -0.25) is 4.98 Å². The Morgan fingerprint density at radius 2 is 2.04 bits per heavy atom. The lowest BCUT2D eigenvalue weighted by molar-refractivity contribution is 0.509. The maximum absolute atomic E-state index is 4.59. The minimum absolute atomic E-state index is 0.747. The van der Waals surface area contributed by atoms with E-state index < -0.39 is 0 Å². The summed E-state index contributed by atoms with van der Waals surface area (Å²) in [7, 11) is 1.99. The quantitative estimate of drug-likeness (QED) is 0.486. The fourth-order valence-electron chi connectivity index (χ4n) is 3.57. The van der Waals surface area contributed by atoms with Crippen LogP contribution in [-0.4, -0.2) is 29.7 Å². The summed E-state index contributed by atoms with van der Waals surface area (Å²) in [5.74, 6) is 1.57. The molecule has 6 nitrogen and oxygen atoms in total. The van der Waals surface area contributed by atoms with Crippen molar-refractivity contribution in [2.45, 2.75) is 36.4 Å². The number of rotatable bonds is 3. The average molecular weight is 395 g/mol. The van der Waals surface area contributed by atoms with E-state index in [1.165, 1.54) is 22.2 Å². The zero-order valence-corrected chi connectivity index (χ0v) is 16.7.